The van der Waals surface area contributed by atoms with Crippen LogP contribution < -0.4 is 5.32 Å². The van der Waals surface area contributed by atoms with E-state index in [4.69, 9.17) is 0 Å². The molecule has 0 aliphatic heterocycles. The van der Waals surface area contributed by atoms with Crippen molar-refractivity contribution >= 4 is 0 Å². The van der Waals surface area contributed by atoms with E-state index in [1.165, 1.54) is 16.7 Å². The number of aryl methyl sites for hydroxylation is 2. The van der Waals surface area contributed by atoms with Crippen molar-refractivity contribution in [2.75, 3.05) is 0 Å². The topological polar surface area (TPSA) is 24.9 Å². The van der Waals surface area contributed by atoms with Gasteiger partial charge in [0.25, 0.3) is 0 Å². The van der Waals surface area contributed by atoms with Gasteiger partial charge in [0.1, 0.15) is 0 Å². The molecule has 0 fully saturated rings. The fourth-order valence-corrected chi connectivity index (χ4v) is 2.84. The van der Waals surface area contributed by atoms with Gasteiger partial charge in [-0.15, -0.1) is 0 Å². The van der Waals surface area contributed by atoms with Crippen LogP contribution >= 0.6 is 0 Å². The Bertz CT molecular complexity index is 417. The average molecular weight is 234 g/mol. The van der Waals surface area contributed by atoms with Crippen LogP contribution in [-0.4, -0.2) is 11.0 Å². The maximum absolute atomic E-state index is 4.67. The summed E-state index contributed by atoms with van der Waals surface area (Å²) in [7, 11) is 0. The Hall–Kier alpha value is -0.890. The first-order valence-corrected chi connectivity index (χ1v) is 6.39. The van der Waals surface area contributed by atoms with E-state index in [0.29, 0.717) is 6.04 Å². The Balaban J connectivity index is 3.36. The molecule has 0 unspecified atom stereocenters. The number of nitrogens with one attached hydrogen (secondary N) is 1. The Morgan fingerprint density at radius 1 is 0.941 bits per heavy atom. The van der Waals surface area contributed by atoms with Crippen molar-refractivity contribution in [3.63, 3.8) is 0 Å². The van der Waals surface area contributed by atoms with Crippen LogP contribution in [0.5, 0.6) is 0 Å². The third-order valence-electron chi connectivity index (χ3n) is 3.45. The third kappa shape index (κ3) is 2.86. The Kier molecular flexibility index (Phi) is 3.98. The Labute approximate surface area is 106 Å². The summed E-state index contributed by atoms with van der Waals surface area (Å²) < 4.78 is 0. The lowest BCUT2D eigenvalue weighted by molar-refractivity contribution is 0.361. The monoisotopic (exact) mass is 234 g/mol. The van der Waals surface area contributed by atoms with E-state index in [-0.39, 0.29) is 5.54 Å². The van der Waals surface area contributed by atoms with Crippen LogP contribution in [0.25, 0.3) is 0 Å². The first kappa shape index (κ1) is 14.2. The molecule has 0 saturated carbocycles. The molecule has 0 amide bonds. The number of nitrogens with zero attached hydrogens (tertiary/aromatic N) is 1. The molecule has 1 rings (SSSR count). The lowest BCUT2D eigenvalue weighted by Crippen LogP contribution is -2.42. The fraction of sp³-hybridized carbons (Fsp3) is 0.667. The van der Waals surface area contributed by atoms with Crippen LogP contribution in [0.15, 0.2) is 0 Å². The molecule has 0 spiro atoms. The normalized spacial score (nSPS) is 12.3. The highest BCUT2D eigenvalue weighted by atomic mass is 15.0. The summed E-state index contributed by atoms with van der Waals surface area (Å²) in [6.07, 6.45) is 0. The van der Waals surface area contributed by atoms with Gasteiger partial charge in [0.2, 0.25) is 0 Å². The second-order valence-corrected chi connectivity index (χ2v) is 5.83. The minimum absolute atomic E-state index is 0.0339. The second-order valence-electron chi connectivity index (χ2n) is 5.83. The van der Waals surface area contributed by atoms with Crippen LogP contribution in [0.3, 0.4) is 0 Å². The van der Waals surface area contributed by atoms with Crippen molar-refractivity contribution in [1.82, 2.24) is 10.3 Å². The zero-order valence-corrected chi connectivity index (χ0v) is 12.5. The van der Waals surface area contributed by atoms with Gasteiger partial charge in [-0.05, 0) is 58.2 Å². The molecule has 0 atom stereocenters. The quantitative estimate of drug-likeness (QED) is 0.865. The van der Waals surface area contributed by atoms with E-state index in [1.54, 1.807) is 0 Å². The zero-order chi connectivity index (χ0) is 13.4. The average Bonchev–Trinajstić information content (AvgIpc) is 2.11. The summed E-state index contributed by atoms with van der Waals surface area (Å²) in [5, 5.41) is 3.62. The van der Waals surface area contributed by atoms with Crippen molar-refractivity contribution in [3.8, 4) is 0 Å². The molecule has 2 heteroatoms. The molecule has 0 aromatic carbocycles. The van der Waals surface area contributed by atoms with Gasteiger partial charge in [0.15, 0.2) is 0 Å². The fourth-order valence-electron chi connectivity index (χ4n) is 2.84. The Morgan fingerprint density at radius 3 is 1.94 bits per heavy atom. The van der Waals surface area contributed by atoms with Gasteiger partial charge in [0.05, 0.1) is 0 Å². The maximum Gasteiger partial charge on any atom is 0.0429 e. The lowest BCUT2D eigenvalue weighted by Gasteiger charge is -2.33. The number of pyridine rings is 1. The van der Waals surface area contributed by atoms with Crippen molar-refractivity contribution < 1.29 is 0 Å². The third-order valence-corrected chi connectivity index (χ3v) is 3.45. The lowest BCUT2D eigenvalue weighted by atomic mass is 9.86. The summed E-state index contributed by atoms with van der Waals surface area (Å²) in [5.74, 6) is 0. The van der Waals surface area contributed by atoms with Gasteiger partial charge in [-0.3, -0.25) is 4.98 Å². The molecule has 1 aromatic rings. The number of aromatic nitrogens is 1. The van der Waals surface area contributed by atoms with Crippen LogP contribution in [0.1, 0.15) is 55.8 Å². The van der Waals surface area contributed by atoms with Crippen LogP contribution in [0.2, 0.25) is 0 Å². The molecule has 96 valence electrons. The first-order chi connectivity index (χ1) is 7.66. The summed E-state index contributed by atoms with van der Waals surface area (Å²) in [6.45, 7) is 17.4. The van der Waals surface area contributed by atoms with E-state index in [1.807, 2.05) is 0 Å². The first-order valence-electron chi connectivity index (χ1n) is 6.39. The molecule has 0 radical (unpaired) electrons. The molecule has 1 N–H and O–H groups in total. The van der Waals surface area contributed by atoms with E-state index in [9.17, 15) is 0 Å². The van der Waals surface area contributed by atoms with E-state index < -0.39 is 0 Å². The maximum atomic E-state index is 4.67. The Morgan fingerprint density at radius 2 is 1.47 bits per heavy atom. The molecule has 0 saturated heterocycles. The minimum atomic E-state index is -0.0339. The van der Waals surface area contributed by atoms with E-state index in [0.717, 1.165) is 11.4 Å². The van der Waals surface area contributed by atoms with Crippen LogP contribution in [0, 0.1) is 27.7 Å². The van der Waals surface area contributed by atoms with Gasteiger partial charge in [-0.1, -0.05) is 13.8 Å². The van der Waals surface area contributed by atoms with Gasteiger partial charge in [-0.25, -0.2) is 0 Å². The van der Waals surface area contributed by atoms with Crippen molar-refractivity contribution in [2.24, 2.45) is 0 Å². The molecule has 1 aromatic heterocycles. The summed E-state index contributed by atoms with van der Waals surface area (Å²) >= 11 is 0. The molecule has 0 aliphatic carbocycles. The second kappa shape index (κ2) is 4.77. The molecule has 17 heavy (non-hydrogen) atoms. The SMILES string of the molecule is Cc1nc(C)c(C(C)(C)NC(C)C)c(C)c1C. The van der Waals surface area contributed by atoms with Gasteiger partial charge >= 0.3 is 0 Å². The van der Waals surface area contributed by atoms with Gasteiger partial charge in [0, 0.05) is 23.0 Å². The molecule has 0 aliphatic rings. The summed E-state index contributed by atoms with van der Waals surface area (Å²) in [5.41, 5.74) is 6.27. The van der Waals surface area contributed by atoms with E-state index in [2.05, 4.69) is 65.7 Å². The minimum Gasteiger partial charge on any atom is -0.306 e. The molecule has 2 nitrogen and oxygen atoms in total. The molecular weight excluding hydrogens is 208 g/mol. The number of hydrogen-bond donors (Lipinski definition) is 1. The van der Waals surface area contributed by atoms with E-state index >= 15 is 0 Å². The summed E-state index contributed by atoms with van der Waals surface area (Å²) in [4.78, 5) is 4.67. The smallest absolute Gasteiger partial charge is 0.0429 e. The predicted octanol–water partition coefficient (Wildman–Crippen LogP) is 3.55. The van der Waals surface area contributed by atoms with Crippen molar-refractivity contribution in [3.05, 3.63) is 28.1 Å². The predicted molar refractivity (Wildman–Crippen MR) is 74.5 cm³/mol. The van der Waals surface area contributed by atoms with Crippen molar-refractivity contribution in [1.29, 1.82) is 0 Å². The summed E-state index contributed by atoms with van der Waals surface area (Å²) in [6, 6.07) is 0.463. The number of rotatable bonds is 3. The standard InChI is InChI=1S/C15H26N2/c1-9(2)17-15(7,8)14-11(4)10(3)12(5)16-13(14)6/h9,17H,1-8H3. The van der Waals surface area contributed by atoms with Crippen molar-refractivity contribution in [2.45, 2.75) is 67.0 Å². The highest BCUT2D eigenvalue weighted by Crippen LogP contribution is 2.29. The zero-order valence-electron chi connectivity index (χ0n) is 12.5. The van der Waals surface area contributed by atoms with Crippen LogP contribution in [-0.2, 0) is 5.54 Å². The largest absolute Gasteiger partial charge is 0.306 e. The molecular formula is C15H26N2. The molecule has 1 heterocycles. The van der Waals surface area contributed by atoms with Crippen LogP contribution in [0.4, 0.5) is 0 Å². The highest BCUT2D eigenvalue weighted by Gasteiger charge is 2.26. The van der Waals surface area contributed by atoms with Gasteiger partial charge < -0.3 is 5.32 Å². The highest BCUT2D eigenvalue weighted by molar-refractivity contribution is 5.42. The molecule has 0 bridgehead atoms. The van der Waals surface area contributed by atoms with Gasteiger partial charge in [-0.2, -0.15) is 0 Å². The number of hydrogen-bond acceptors (Lipinski definition) is 2.